The van der Waals surface area contributed by atoms with Crippen molar-refractivity contribution >= 4 is 17.5 Å². The summed E-state index contributed by atoms with van der Waals surface area (Å²) in [6.45, 7) is 3.82. The van der Waals surface area contributed by atoms with Crippen LogP contribution >= 0.6 is 11.8 Å². The fourth-order valence-corrected chi connectivity index (χ4v) is 2.80. The van der Waals surface area contributed by atoms with E-state index in [1.807, 2.05) is 18.2 Å². The molecule has 0 radical (unpaired) electrons. The van der Waals surface area contributed by atoms with Crippen LogP contribution in [0.3, 0.4) is 0 Å². The Bertz CT molecular complexity index is 387. The molecule has 1 N–H and O–H groups in total. The zero-order valence-corrected chi connectivity index (χ0v) is 9.51. The highest BCUT2D eigenvalue weighted by Crippen LogP contribution is 2.37. The number of hydrogen-bond donors (Lipinski definition) is 1. The van der Waals surface area contributed by atoms with E-state index in [-0.39, 0.29) is 6.10 Å². The first-order valence-electron chi connectivity index (χ1n) is 4.90. The predicted molar refractivity (Wildman–Crippen MR) is 62.8 cm³/mol. The van der Waals surface area contributed by atoms with Gasteiger partial charge in [-0.2, -0.15) is 0 Å². The van der Waals surface area contributed by atoms with Crippen molar-refractivity contribution in [3.05, 3.63) is 35.9 Å². The van der Waals surface area contributed by atoms with Gasteiger partial charge in [-0.15, -0.1) is 11.8 Å². The third-order valence-corrected chi connectivity index (χ3v) is 3.69. The molecular weight excluding hydrogens is 208 g/mol. The first kappa shape index (κ1) is 10.6. The first-order valence-corrected chi connectivity index (χ1v) is 5.89. The van der Waals surface area contributed by atoms with E-state index in [9.17, 15) is 5.11 Å². The van der Waals surface area contributed by atoms with Crippen LogP contribution in [0.5, 0.6) is 0 Å². The van der Waals surface area contributed by atoms with E-state index in [0.717, 1.165) is 28.2 Å². The molecule has 15 heavy (non-hydrogen) atoms. The highest BCUT2D eigenvalue weighted by Gasteiger charge is 2.18. The zero-order chi connectivity index (χ0) is 10.8. The van der Waals surface area contributed by atoms with Crippen LogP contribution in [-0.4, -0.2) is 18.0 Å². The Kier molecular flexibility index (Phi) is 3.03. The molecule has 1 aromatic rings. The molecule has 1 unspecified atom stereocenters. The normalized spacial score (nSPS) is 19.5. The second kappa shape index (κ2) is 4.29. The van der Waals surface area contributed by atoms with Crippen LogP contribution in [0.25, 0.3) is 5.76 Å². The monoisotopic (exact) mass is 222 g/mol. The molecule has 2 nitrogen and oxygen atoms in total. The third-order valence-electron chi connectivity index (χ3n) is 2.59. The summed E-state index contributed by atoms with van der Waals surface area (Å²) in [6, 6.07) is 5.94. The predicted octanol–water partition coefficient (Wildman–Crippen LogP) is 2.83. The van der Waals surface area contributed by atoms with Gasteiger partial charge in [0.15, 0.2) is 0 Å². The second-order valence-electron chi connectivity index (χ2n) is 3.53. The molecule has 0 saturated heterocycles. The molecule has 80 valence electrons. The van der Waals surface area contributed by atoms with Crippen molar-refractivity contribution < 1.29 is 9.84 Å². The molecule has 3 heteroatoms. The van der Waals surface area contributed by atoms with Gasteiger partial charge in [-0.25, -0.2) is 0 Å². The summed E-state index contributed by atoms with van der Waals surface area (Å²) in [5.74, 6) is 1.63. The molecule has 1 heterocycles. The molecular formula is C12H14O2S. The number of benzene rings is 1. The van der Waals surface area contributed by atoms with E-state index >= 15 is 0 Å². The standard InChI is InChI=1S/C12H14O2S/c1-8(14-2)9-3-4-10-11(13)5-6-15-12(10)7-9/h3-4,7,11,13H,1,5-6H2,2H3. The Morgan fingerprint density at radius 3 is 3.13 bits per heavy atom. The highest BCUT2D eigenvalue weighted by atomic mass is 32.2. The van der Waals surface area contributed by atoms with Crippen molar-refractivity contribution in [1.29, 1.82) is 0 Å². The lowest BCUT2D eigenvalue weighted by Crippen LogP contribution is -2.06. The molecule has 1 aliphatic heterocycles. The van der Waals surface area contributed by atoms with Crippen LogP contribution in [0.1, 0.15) is 23.7 Å². The molecule has 1 aromatic carbocycles. The fourth-order valence-electron chi connectivity index (χ4n) is 1.66. The van der Waals surface area contributed by atoms with Gasteiger partial charge in [-0.3, -0.25) is 0 Å². The van der Waals surface area contributed by atoms with E-state index in [2.05, 4.69) is 6.58 Å². The number of methoxy groups -OCH3 is 1. The summed E-state index contributed by atoms with van der Waals surface area (Å²) < 4.78 is 5.09. The minimum atomic E-state index is -0.314. The lowest BCUT2D eigenvalue weighted by atomic mass is 10.0. The van der Waals surface area contributed by atoms with Crippen molar-refractivity contribution in [2.75, 3.05) is 12.9 Å². The average molecular weight is 222 g/mol. The van der Waals surface area contributed by atoms with Crippen LogP contribution in [0.4, 0.5) is 0 Å². The quantitative estimate of drug-likeness (QED) is 0.780. The zero-order valence-electron chi connectivity index (χ0n) is 8.69. The highest BCUT2D eigenvalue weighted by molar-refractivity contribution is 7.99. The Hall–Kier alpha value is -0.930. The minimum Gasteiger partial charge on any atom is -0.497 e. The number of ether oxygens (including phenoxy) is 1. The van der Waals surface area contributed by atoms with E-state index in [4.69, 9.17) is 4.74 Å². The second-order valence-corrected chi connectivity index (χ2v) is 4.67. The van der Waals surface area contributed by atoms with Crippen molar-refractivity contribution in [3.8, 4) is 0 Å². The van der Waals surface area contributed by atoms with Gasteiger partial charge < -0.3 is 9.84 Å². The molecule has 0 bridgehead atoms. The van der Waals surface area contributed by atoms with Gasteiger partial charge in [0, 0.05) is 16.2 Å². The average Bonchev–Trinajstić information content (AvgIpc) is 2.28. The molecule has 1 aliphatic rings. The Morgan fingerprint density at radius 1 is 1.60 bits per heavy atom. The summed E-state index contributed by atoms with van der Waals surface area (Å²) in [5, 5.41) is 9.78. The van der Waals surface area contributed by atoms with Gasteiger partial charge >= 0.3 is 0 Å². The maximum absolute atomic E-state index is 9.78. The van der Waals surface area contributed by atoms with Crippen molar-refractivity contribution in [2.45, 2.75) is 17.4 Å². The summed E-state index contributed by atoms with van der Waals surface area (Å²) in [4.78, 5) is 1.14. The summed E-state index contributed by atoms with van der Waals surface area (Å²) in [5.41, 5.74) is 2.01. The Labute approximate surface area is 94.0 Å². The molecule has 0 spiro atoms. The topological polar surface area (TPSA) is 29.5 Å². The van der Waals surface area contributed by atoms with Crippen molar-refractivity contribution in [2.24, 2.45) is 0 Å². The van der Waals surface area contributed by atoms with Crippen LogP contribution < -0.4 is 0 Å². The van der Waals surface area contributed by atoms with Crippen molar-refractivity contribution in [3.63, 3.8) is 0 Å². The Balaban J connectivity index is 2.37. The smallest absolute Gasteiger partial charge is 0.118 e. The number of thioether (sulfide) groups is 1. The van der Waals surface area contributed by atoms with Gasteiger partial charge in [0.2, 0.25) is 0 Å². The number of aliphatic hydroxyl groups excluding tert-OH is 1. The molecule has 0 amide bonds. The van der Waals surface area contributed by atoms with Gasteiger partial charge in [0.1, 0.15) is 5.76 Å². The molecule has 2 rings (SSSR count). The van der Waals surface area contributed by atoms with Gasteiger partial charge in [-0.05, 0) is 18.1 Å². The SMILES string of the molecule is C=C(OC)c1ccc2c(c1)SCCC2O. The molecule has 0 aromatic heterocycles. The molecule has 1 atom stereocenters. The maximum atomic E-state index is 9.78. The Morgan fingerprint density at radius 2 is 2.40 bits per heavy atom. The molecule has 0 fully saturated rings. The number of aliphatic hydroxyl groups is 1. The van der Waals surface area contributed by atoms with Gasteiger partial charge in [0.05, 0.1) is 13.2 Å². The van der Waals surface area contributed by atoms with Crippen LogP contribution in [0, 0.1) is 0 Å². The van der Waals surface area contributed by atoms with E-state index in [0.29, 0.717) is 5.76 Å². The van der Waals surface area contributed by atoms with Crippen LogP contribution in [-0.2, 0) is 4.74 Å². The number of hydrogen-bond acceptors (Lipinski definition) is 3. The van der Waals surface area contributed by atoms with Gasteiger partial charge in [0.25, 0.3) is 0 Å². The van der Waals surface area contributed by atoms with Crippen LogP contribution in [0.2, 0.25) is 0 Å². The van der Waals surface area contributed by atoms with E-state index < -0.39 is 0 Å². The van der Waals surface area contributed by atoms with E-state index in [1.165, 1.54) is 0 Å². The summed E-state index contributed by atoms with van der Waals surface area (Å²) in [7, 11) is 1.61. The number of rotatable bonds is 2. The van der Waals surface area contributed by atoms with Crippen molar-refractivity contribution in [1.82, 2.24) is 0 Å². The van der Waals surface area contributed by atoms with E-state index in [1.54, 1.807) is 18.9 Å². The van der Waals surface area contributed by atoms with Gasteiger partial charge in [-0.1, -0.05) is 18.7 Å². The summed E-state index contributed by atoms with van der Waals surface area (Å²) >= 11 is 1.78. The lowest BCUT2D eigenvalue weighted by Gasteiger charge is -2.21. The summed E-state index contributed by atoms with van der Waals surface area (Å²) in [6.07, 6.45) is 0.522. The lowest BCUT2D eigenvalue weighted by molar-refractivity contribution is 0.170. The molecule has 0 aliphatic carbocycles. The largest absolute Gasteiger partial charge is 0.497 e. The minimum absolute atomic E-state index is 0.314. The van der Waals surface area contributed by atoms with Crippen LogP contribution in [0.15, 0.2) is 29.7 Å². The third kappa shape index (κ3) is 2.03. The maximum Gasteiger partial charge on any atom is 0.118 e. The fraction of sp³-hybridized carbons (Fsp3) is 0.333. The first-order chi connectivity index (χ1) is 7.22. The molecule has 0 saturated carbocycles. The number of fused-ring (bicyclic) bond motifs is 1.